The average Bonchev–Trinajstić information content (AvgIpc) is 2.38. The Bertz CT molecular complexity index is 559. The Morgan fingerprint density at radius 2 is 0.720 bits per heavy atom. The molecule has 0 aromatic rings. The first kappa shape index (κ1) is 19.4. The normalized spacial score (nSPS) is 52.2. The molecule has 0 nitrogen and oxygen atoms in total. The zero-order valence-corrected chi connectivity index (χ0v) is 12.3. The maximum atomic E-state index is 14.3. The van der Waals surface area contributed by atoms with Gasteiger partial charge >= 0.3 is 29.4 Å². The second-order valence-corrected chi connectivity index (χ2v) is 7.13. The smallest absolute Gasteiger partial charge is 0.223 e. The summed E-state index contributed by atoms with van der Waals surface area (Å²) in [6.45, 7) is 0. The second kappa shape index (κ2) is 3.79. The summed E-state index contributed by atoms with van der Waals surface area (Å²) >= 11 is 8.79. The topological polar surface area (TPSA) is 0 Å². The Hall–Kier alpha value is -0.330. The minimum Gasteiger partial charge on any atom is -0.223 e. The zero-order chi connectivity index (χ0) is 20.1. The molecule has 4 aliphatic rings. The molecule has 2 unspecified atom stereocenters. The monoisotopic (exact) mass is 438 g/mol. The molecule has 0 aromatic carbocycles. The van der Waals surface area contributed by atoms with E-state index in [9.17, 15) is 57.1 Å². The molecule has 0 saturated heterocycles. The number of rotatable bonds is 0. The van der Waals surface area contributed by atoms with E-state index in [1.165, 1.54) is 0 Å². The van der Waals surface area contributed by atoms with E-state index in [2.05, 4.69) is 23.2 Å². The van der Waals surface area contributed by atoms with Crippen LogP contribution in [0.4, 0.5) is 57.1 Å². The number of hydrogen-bond acceptors (Lipinski definition) is 0. The van der Waals surface area contributed by atoms with Gasteiger partial charge in [-0.25, -0.2) is 57.1 Å². The molecule has 0 N–H and O–H groups in total. The molecule has 25 heavy (non-hydrogen) atoms. The minimum atomic E-state index is -7.06. The molecular weight excluding hydrogens is 438 g/mol. The number of halogens is 15. The first-order chi connectivity index (χ1) is 10.6. The Balaban J connectivity index is 2.64. The first-order valence-electron chi connectivity index (χ1n) is 5.95. The molecule has 0 aliphatic heterocycles. The lowest BCUT2D eigenvalue weighted by molar-refractivity contribution is -0.528. The molecule has 0 amide bonds. The van der Waals surface area contributed by atoms with Crippen LogP contribution in [-0.2, 0) is 0 Å². The molecule has 0 heterocycles. The average molecular weight is 439 g/mol. The molecule has 4 bridgehead atoms. The van der Waals surface area contributed by atoms with Crippen molar-refractivity contribution in [3.63, 3.8) is 0 Å². The summed E-state index contributed by atoms with van der Waals surface area (Å²) < 4.78 is 182. The largest absolute Gasteiger partial charge is 0.324 e. The third-order valence-corrected chi connectivity index (χ3v) is 6.51. The van der Waals surface area contributed by atoms with Gasteiger partial charge in [-0.3, -0.25) is 0 Å². The third kappa shape index (κ3) is 1.14. The van der Waals surface area contributed by atoms with Crippen LogP contribution in [0.25, 0.3) is 0 Å². The van der Waals surface area contributed by atoms with E-state index in [0.29, 0.717) is 0 Å². The van der Waals surface area contributed by atoms with Gasteiger partial charge in [-0.15, -0.1) is 0 Å². The van der Waals surface area contributed by atoms with Crippen molar-refractivity contribution in [2.75, 3.05) is 0 Å². The lowest BCUT2D eigenvalue weighted by Crippen LogP contribution is -3.04. The predicted molar refractivity (Wildman–Crippen MR) is 54.2 cm³/mol. The lowest BCUT2D eigenvalue weighted by atomic mass is 9.43. The van der Waals surface area contributed by atoms with E-state index in [4.69, 9.17) is 0 Å². The standard InChI is InChI=1S/C10HCl2F13/c11-5-2(13,14)1-3(15,16)6(12,8(5,20)21)10(24,25)7(19,4(1,17)18)9(5,22)23/h1H/t1?,5-,6+,7?. The van der Waals surface area contributed by atoms with Gasteiger partial charge in [-0.2, -0.15) is 0 Å². The van der Waals surface area contributed by atoms with E-state index in [1.54, 1.807) is 0 Å². The Kier molecular flexibility index (Phi) is 2.94. The summed E-state index contributed by atoms with van der Waals surface area (Å²) in [5.41, 5.74) is -6.92. The first-order valence-corrected chi connectivity index (χ1v) is 6.71. The highest BCUT2D eigenvalue weighted by Gasteiger charge is 3.17. The van der Waals surface area contributed by atoms with Gasteiger partial charge in [0.2, 0.25) is 9.75 Å². The third-order valence-electron chi connectivity index (χ3n) is 5.06. The van der Waals surface area contributed by atoms with E-state index in [1.807, 2.05) is 0 Å². The van der Waals surface area contributed by atoms with Gasteiger partial charge in [-0.1, -0.05) is 23.2 Å². The fourth-order valence-corrected chi connectivity index (χ4v) is 4.65. The lowest BCUT2D eigenvalue weighted by Gasteiger charge is -2.73. The molecule has 4 rings (SSSR count). The van der Waals surface area contributed by atoms with Crippen LogP contribution >= 0.6 is 23.2 Å². The van der Waals surface area contributed by atoms with Gasteiger partial charge < -0.3 is 0 Å². The van der Waals surface area contributed by atoms with Gasteiger partial charge in [-0.05, 0) is 0 Å². The van der Waals surface area contributed by atoms with Crippen LogP contribution in [0.1, 0.15) is 0 Å². The second-order valence-electron chi connectivity index (χ2n) is 6.00. The molecule has 4 atom stereocenters. The molecule has 4 fully saturated rings. The van der Waals surface area contributed by atoms with Crippen molar-refractivity contribution >= 4 is 23.2 Å². The van der Waals surface area contributed by atoms with Crippen molar-refractivity contribution < 1.29 is 57.1 Å². The Labute approximate surface area is 138 Å². The van der Waals surface area contributed by atoms with Crippen LogP contribution in [0.5, 0.6) is 0 Å². The summed E-state index contributed by atoms with van der Waals surface area (Å²) in [4.78, 5) is -12.4. The Morgan fingerprint density at radius 1 is 0.440 bits per heavy atom. The van der Waals surface area contributed by atoms with Crippen molar-refractivity contribution in [3.05, 3.63) is 0 Å². The van der Waals surface area contributed by atoms with E-state index < -0.39 is 56.9 Å². The van der Waals surface area contributed by atoms with Gasteiger partial charge in [0.05, 0.1) is 0 Å². The van der Waals surface area contributed by atoms with Crippen LogP contribution in [0.2, 0.25) is 0 Å². The van der Waals surface area contributed by atoms with E-state index >= 15 is 0 Å². The number of alkyl halides is 15. The highest BCUT2D eigenvalue weighted by molar-refractivity contribution is 6.32. The summed E-state index contributed by atoms with van der Waals surface area (Å²) in [5, 5.41) is 0. The fourth-order valence-electron chi connectivity index (χ4n) is 3.84. The molecule has 4 saturated carbocycles. The Morgan fingerprint density at radius 3 is 1.00 bits per heavy atom. The predicted octanol–water partition coefficient (Wildman–Crippen LogP) is 5.12. The van der Waals surface area contributed by atoms with Crippen LogP contribution in [0, 0.1) is 5.92 Å². The summed E-state index contributed by atoms with van der Waals surface area (Å²) in [7, 11) is 0. The number of hydrogen-bond donors (Lipinski definition) is 0. The molecule has 0 spiro atoms. The maximum absolute atomic E-state index is 14.3. The molecular formula is C10HCl2F13. The van der Waals surface area contributed by atoms with Crippen molar-refractivity contribution in [1.29, 1.82) is 0 Å². The highest BCUT2D eigenvalue weighted by atomic mass is 35.5. The van der Waals surface area contributed by atoms with Crippen molar-refractivity contribution in [2.24, 2.45) is 5.92 Å². The summed E-state index contributed by atoms with van der Waals surface area (Å²) in [5.74, 6) is -46.4. The van der Waals surface area contributed by atoms with Crippen LogP contribution in [-0.4, -0.2) is 51.0 Å². The van der Waals surface area contributed by atoms with Crippen molar-refractivity contribution in [2.45, 2.75) is 51.0 Å². The van der Waals surface area contributed by atoms with E-state index in [0.717, 1.165) is 0 Å². The fraction of sp³-hybridized carbons (Fsp3) is 1.00. The maximum Gasteiger partial charge on any atom is 0.324 e. The van der Waals surface area contributed by atoms with Gasteiger partial charge in [0.25, 0.3) is 11.8 Å². The quantitative estimate of drug-likeness (QED) is 0.364. The molecule has 0 radical (unpaired) electrons. The summed E-state index contributed by atoms with van der Waals surface area (Å²) in [6.07, 6.45) is 0. The van der Waals surface area contributed by atoms with Crippen LogP contribution in [0.15, 0.2) is 0 Å². The zero-order valence-electron chi connectivity index (χ0n) is 10.7. The molecule has 0 aromatic heterocycles. The van der Waals surface area contributed by atoms with Crippen LogP contribution in [0.3, 0.4) is 0 Å². The van der Waals surface area contributed by atoms with Gasteiger partial charge in [0.1, 0.15) is 0 Å². The SMILES string of the molecule is FC1(F)C2C(F)(F)[C@@]3(Cl)C(F)(F)C1(F)C(F)(F)[C@@](Cl)(C2(F)F)C3(F)F. The highest BCUT2D eigenvalue weighted by Crippen LogP contribution is 2.88. The van der Waals surface area contributed by atoms with E-state index in [-0.39, 0.29) is 0 Å². The van der Waals surface area contributed by atoms with Crippen LogP contribution < -0.4 is 0 Å². The van der Waals surface area contributed by atoms with Crippen molar-refractivity contribution in [1.82, 2.24) is 0 Å². The molecule has 146 valence electrons. The molecule has 15 heteroatoms. The minimum absolute atomic E-state index is 4.39. The van der Waals surface area contributed by atoms with Gasteiger partial charge in [0, 0.05) is 0 Å². The molecule has 4 aliphatic carbocycles. The van der Waals surface area contributed by atoms with Gasteiger partial charge in [0.15, 0.2) is 5.92 Å². The summed E-state index contributed by atoms with van der Waals surface area (Å²) in [6, 6.07) is 0. The van der Waals surface area contributed by atoms with Crippen molar-refractivity contribution in [3.8, 4) is 0 Å².